The Bertz CT molecular complexity index is 226. The van der Waals surface area contributed by atoms with E-state index in [-0.39, 0.29) is 5.78 Å². The molecule has 0 bridgehead atoms. The van der Waals surface area contributed by atoms with Crippen molar-refractivity contribution in [2.24, 2.45) is 11.6 Å². The normalized spacial score (nSPS) is 11.6. The van der Waals surface area contributed by atoms with E-state index in [4.69, 9.17) is 11.6 Å². The van der Waals surface area contributed by atoms with E-state index in [1.165, 1.54) is 0 Å². The van der Waals surface area contributed by atoms with E-state index in [2.05, 4.69) is 6.92 Å². The number of carbonyl (C=O) groups excluding carboxylic acids is 1. The Balaban J connectivity index is 3.63. The van der Waals surface area contributed by atoms with Crippen LogP contribution in [0.5, 0.6) is 0 Å². The maximum atomic E-state index is 10.7. The summed E-state index contributed by atoms with van der Waals surface area (Å²) >= 11 is 0. The smallest absolute Gasteiger partial charge is 0.129 e. The topological polar surface area (TPSA) is 72.3 Å². The minimum absolute atomic E-state index is 0.238. The van der Waals surface area contributed by atoms with Crippen LogP contribution in [0.25, 0.3) is 0 Å². The summed E-state index contributed by atoms with van der Waals surface area (Å²) in [5.41, 5.74) is 6.63. The molecule has 0 heterocycles. The summed E-state index contributed by atoms with van der Waals surface area (Å²) in [7, 11) is 0. The number of hydrogen-bond donors (Lipinski definition) is 2. The summed E-state index contributed by atoms with van der Waals surface area (Å²) in [4.78, 5) is 10.7. The lowest BCUT2D eigenvalue weighted by atomic mass is 10.2. The largest absolute Gasteiger partial charge is 0.401 e. The third-order valence-electron chi connectivity index (χ3n) is 2.35. The first-order valence-electron chi connectivity index (χ1n) is 6.03. The maximum Gasteiger partial charge on any atom is 0.129 e. The number of nitrogens with zero attached hydrogens (tertiary/aromatic N) is 1. The average Bonchev–Trinajstić information content (AvgIpc) is 2.21. The van der Waals surface area contributed by atoms with Gasteiger partial charge >= 0.3 is 0 Å². The number of nitrogens with two attached hydrogens (primary N) is 2. The number of hydrazine groups is 1. The molecule has 4 heteroatoms. The van der Waals surface area contributed by atoms with Crippen LogP contribution in [0, 0.1) is 0 Å². The molecule has 4 N–H and O–H groups in total. The fraction of sp³-hybridized carbons (Fsp3) is 0.750. The first-order valence-corrected chi connectivity index (χ1v) is 6.03. The summed E-state index contributed by atoms with van der Waals surface area (Å²) in [6.45, 7) is 4.50. The van der Waals surface area contributed by atoms with E-state index >= 15 is 0 Å². The second kappa shape index (κ2) is 9.21. The molecule has 0 saturated heterocycles. The van der Waals surface area contributed by atoms with Gasteiger partial charge in [-0.1, -0.05) is 13.3 Å². The molecule has 0 aromatic heterocycles. The van der Waals surface area contributed by atoms with Crippen LogP contribution >= 0.6 is 0 Å². The van der Waals surface area contributed by atoms with Crippen LogP contribution in [0.3, 0.4) is 0 Å². The van der Waals surface area contributed by atoms with Crippen molar-refractivity contribution < 1.29 is 4.79 Å². The molecular formula is C12H25N3O. The number of hydrogen-bond acceptors (Lipinski definition) is 4. The van der Waals surface area contributed by atoms with Crippen LogP contribution in [-0.4, -0.2) is 17.3 Å². The third kappa shape index (κ3) is 9.52. The highest BCUT2D eigenvalue weighted by Gasteiger charge is 1.98. The van der Waals surface area contributed by atoms with E-state index in [1.54, 1.807) is 18.1 Å². The van der Waals surface area contributed by atoms with Crippen molar-refractivity contribution in [2.45, 2.75) is 52.4 Å². The molecule has 0 aliphatic carbocycles. The Morgan fingerprint density at radius 1 is 1.25 bits per heavy atom. The molecule has 0 aromatic carbocycles. The summed E-state index contributed by atoms with van der Waals surface area (Å²) in [5, 5.41) is 1.62. The third-order valence-corrected chi connectivity index (χ3v) is 2.35. The van der Waals surface area contributed by atoms with Gasteiger partial charge in [-0.05, 0) is 32.6 Å². The van der Waals surface area contributed by atoms with Crippen LogP contribution < -0.4 is 11.6 Å². The van der Waals surface area contributed by atoms with Gasteiger partial charge in [-0.3, -0.25) is 0 Å². The Labute approximate surface area is 98.6 Å². The number of Topliss-reactive ketones (excluding diaryl/α,β-unsaturated/α-hetero) is 1. The molecule has 0 unspecified atom stereocenters. The molecule has 0 fully saturated rings. The van der Waals surface area contributed by atoms with Gasteiger partial charge in [0.1, 0.15) is 5.78 Å². The SMILES string of the molecule is CCCC/C(N)=C/N(N)CCCCC(C)=O. The zero-order chi connectivity index (χ0) is 12.4. The van der Waals surface area contributed by atoms with Gasteiger partial charge in [0, 0.05) is 24.9 Å². The van der Waals surface area contributed by atoms with Crippen LogP contribution in [-0.2, 0) is 4.79 Å². The van der Waals surface area contributed by atoms with Crippen molar-refractivity contribution in [3.05, 3.63) is 11.9 Å². The fourth-order valence-corrected chi connectivity index (χ4v) is 1.39. The van der Waals surface area contributed by atoms with Gasteiger partial charge in [0.05, 0.1) is 0 Å². The molecule has 16 heavy (non-hydrogen) atoms. The van der Waals surface area contributed by atoms with Crippen molar-refractivity contribution in [3.8, 4) is 0 Å². The van der Waals surface area contributed by atoms with Crippen molar-refractivity contribution in [3.63, 3.8) is 0 Å². The number of ketones is 1. The molecule has 0 saturated carbocycles. The quantitative estimate of drug-likeness (QED) is 0.358. The van der Waals surface area contributed by atoms with Crippen LogP contribution in [0.1, 0.15) is 52.4 Å². The molecule has 0 rings (SSSR count). The summed E-state index contributed by atoms with van der Waals surface area (Å²) in [5.74, 6) is 5.99. The zero-order valence-corrected chi connectivity index (χ0v) is 10.5. The van der Waals surface area contributed by atoms with Crippen LogP contribution in [0.4, 0.5) is 0 Å². The molecule has 4 nitrogen and oxygen atoms in total. The highest BCUT2D eigenvalue weighted by atomic mass is 16.1. The van der Waals surface area contributed by atoms with Gasteiger partial charge < -0.3 is 15.5 Å². The van der Waals surface area contributed by atoms with E-state index in [0.717, 1.165) is 44.3 Å². The van der Waals surface area contributed by atoms with Crippen LogP contribution in [0.15, 0.2) is 11.9 Å². The standard InChI is InChI=1S/C12H25N3O/c1-3-4-8-12(13)10-15(14)9-6-5-7-11(2)16/h10H,3-9,13-14H2,1-2H3/b12-10-. The highest BCUT2D eigenvalue weighted by Crippen LogP contribution is 2.03. The highest BCUT2D eigenvalue weighted by molar-refractivity contribution is 5.75. The first kappa shape index (κ1) is 15.0. The number of rotatable bonds is 9. The predicted octanol–water partition coefficient (Wildman–Crippen LogP) is 1.91. The van der Waals surface area contributed by atoms with Gasteiger partial charge in [0.2, 0.25) is 0 Å². The monoisotopic (exact) mass is 227 g/mol. The average molecular weight is 227 g/mol. The second-order valence-corrected chi connectivity index (χ2v) is 4.20. The van der Waals surface area contributed by atoms with E-state index in [1.807, 2.05) is 0 Å². The molecule has 94 valence electrons. The van der Waals surface area contributed by atoms with Crippen LogP contribution in [0.2, 0.25) is 0 Å². The van der Waals surface area contributed by atoms with E-state index in [0.29, 0.717) is 6.42 Å². The fourth-order valence-electron chi connectivity index (χ4n) is 1.39. The van der Waals surface area contributed by atoms with Gasteiger partial charge in [-0.15, -0.1) is 0 Å². The minimum Gasteiger partial charge on any atom is -0.401 e. The predicted molar refractivity (Wildman–Crippen MR) is 67.2 cm³/mol. The van der Waals surface area contributed by atoms with Gasteiger partial charge in [0.15, 0.2) is 0 Å². The number of unbranched alkanes of at least 4 members (excludes halogenated alkanes) is 2. The Morgan fingerprint density at radius 3 is 2.50 bits per heavy atom. The van der Waals surface area contributed by atoms with Gasteiger partial charge in [-0.2, -0.15) is 0 Å². The maximum absolute atomic E-state index is 10.7. The van der Waals surface area contributed by atoms with Gasteiger partial charge in [0.25, 0.3) is 0 Å². The summed E-state index contributed by atoms with van der Waals surface area (Å²) in [6, 6.07) is 0. The van der Waals surface area contributed by atoms with E-state index < -0.39 is 0 Å². The van der Waals surface area contributed by atoms with Crippen molar-refractivity contribution in [2.75, 3.05) is 6.54 Å². The number of carbonyl (C=O) groups is 1. The van der Waals surface area contributed by atoms with Crippen molar-refractivity contribution in [1.29, 1.82) is 0 Å². The summed E-state index contributed by atoms with van der Waals surface area (Å²) < 4.78 is 0. The molecule has 0 spiro atoms. The molecule has 0 aliphatic heterocycles. The Kier molecular flexibility index (Phi) is 8.62. The molecular weight excluding hydrogens is 202 g/mol. The first-order chi connectivity index (χ1) is 7.56. The Hall–Kier alpha value is -1.03. The van der Waals surface area contributed by atoms with Gasteiger partial charge in [-0.25, -0.2) is 5.84 Å². The van der Waals surface area contributed by atoms with Crippen molar-refractivity contribution >= 4 is 5.78 Å². The van der Waals surface area contributed by atoms with E-state index in [9.17, 15) is 4.79 Å². The molecule has 0 atom stereocenters. The minimum atomic E-state index is 0.238. The lowest BCUT2D eigenvalue weighted by Crippen LogP contribution is -2.27. The molecule has 0 aliphatic rings. The zero-order valence-electron chi connectivity index (χ0n) is 10.5. The van der Waals surface area contributed by atoms with Crippen molar-refractivity contribution in [1.82, 2.24) is 5.01 Å². The number of allylic oxidation sites excluding steroid dienone is 1. The molecule has 0 amide bonds. The Morgan fingerprint density at radius 2 is 1.94 bits per heavy atom. The molecule has 0 radical (unpaired) electrons. The molecule has 0 aromatic rings. The summed E-state index contributed by atoms with van der Waals surface area (Å²) in [6.07, 6.45) is 7.39. The lowest BCUT2D eigenvalue weighted by molar-refractivity contribution is -0.117. The second-order valence-electron chi connectivity index (χ2n) is 4.20. The lowest BCUT2D eigenvalue weighted by Gasteiger charge is -2.14.